The number of ether oxygens (including phenoxy) is 2. The molecular weight excluding hydrogens is 332 g/mol. The zero-order valence-electron chi connectivity index (χ0n) is 11.9. The highest BCUT2D eigenvalue weighted by Crippen LogP contribution is 2.39. The first kappa shape index (κ1) is 14.4. The Morgan fingerprint density at radius 2 is 2.00 bits per heavy atom. The SMILES string of the molecule is COc1cccc2c(OC3CCCCC3=O)c(Br)ccc12. The number of Topliss-reactive ketones (excluding diaryl/α,β-unsaturated/α-hetero) is 1. The van der Waals surface area contributed by atoms with Crippen molar-refractivity contribution >= 4 is 32.5 Å². The van der Waals surface area contributed by atoms with Crippen LogP contribution in [0.4, 0.5) is 0 Å². The van der Waals surface area contributed by atoms with Gasteiger partial charge in [-0.05, 0) is 53.4 Å². The molecule has 0 spiro atoms. The van der Waals surface area contributed by atoms with E-state index in [9.17, 15) is 4.79 Å². The molecule has 110 valence electrons. The summed E-state index contributed by atoms with van der Waals surface area (Å²) in [5.41, 5.74) is 0. The highest BCUT2D eigenvalue weighted by atomic mass is 79.9. The van der Waals surface area contributed by atoms with Crippen molar-refractivity contribution in [2.24, 2.45) is 0 Å². The number of carbonyl (C=O) groups excluding carboxylic acids is 1. The first-order chi connectivity index (χ1) is 10.2. The predicted molar refractivity (Wildman–Crippen MR) is 86.1 cm³/mol. The Morgan fingerprint density at radius 3 is 2.76 bits per heavy atom. The zero-order valence-corrected chi connectivity index (χ0v) is 13.5. The maximum absolute atomic E-state index is 12.0. The quantitative estimate of drug-likeness (QED) is 0.818. The summed E-state index contributed by atoms with van der Waals surface area (Å²) in [4.78, 5) is 12.0. The molecule has 0 saturated heterocycles. The Hall–Kier alpha value is -1.55. The van der Waals surface area contributed by atoms with Gasteiger partial charge < -0.3 is 9.47 Å². The van der Waals surface area contributed by atoms with E-state index in [0.29, 0.717) is 6.42 Å². The second-order valence-electron chi connectivity index (χ2n) is 5.25. The highest BCUT2D eigenvalue weighted by molar-refractivity contribution is 9.10. The number of rotatable bonds is 3. The smallest absolute Gasteiger partial charge is 0.173 e. The maximum Gasteiger partial charge on any atom is 0.173 e. The van der Waals surface area contributed by atoms with Gasteiger partial charge in [-0.3, -0.25) is 4.79 Å². The Bertz CT molecular complexity index is 681. The molecule has 2 aromatic carbocycles. The van der Waals surface area contributed by atoms with E-state index in [1.807, 2.05) is 30.3 Å². The lowest BCUT2D eigenvalue weighted by atomic mass is 9.96. The van der Waals surface area contributed by atoms with Crippen LogP contribution in [0.5, 0.6) is 11.5 Å². The van der Waals surface area contributed by atoms with Crippen LogP contribution in [0.1, 0.15) is 25.7 Å². The van der Waals surface area contributed by atoms with Crippen LogP contribution >= 0.6 is 15.9 Å². The van der Waals surface area contributed by atoms with E-state index in [-0.39, 0.29) is 11.9 Å². The lowest BCUT2D eigenvalue weighted by Gasteiger charge is -2.23. The first-order valence-electron chi connectivity index (χ1n) is 7.15. The maximum atomic E-state index is 12.0. The molecule has 0 N–H and O–H groups in total. The van der Waals surface area contributed by atoms with Gasteiger partial charge in [-0.2, -0.15) is 0 Å². The minimum absolute atomic E-state index is 0.202. The summed E-state index contributed by atoms with van der Waals surface area (Å²) in [5.74, 6) is 1.74. The zero-order chi connectivity index (χ0) is 14.8. The van der Waals surface area contributed by atoms with Gasteiger partial charge in [0.25, 0.3) is 0 Å². The van der Waals surface area contributed by atoms with E-state index in [4.69, 9.17) is 9.47 Å². The second kappa shape index (κ2) is 6.06. The lowest BCUT2D eigenvalue weighted by Crippen LogP contribution is -2.30. The molecule has 3 rings (SSSR count). The van der Waals surface area contributed by atoms with Gasteiger partial charge in [0, 0.05) is 17.2 Å². The van der Waals surface area contributed by atoms with Crippen LogP contribution in [0.3, 0.4) is 0 Å². The Labute approximate surface area is 132 Å². The summed E-state index contributed by atoms with van der Waals surface area (Å²) in [6, 6.07) is 9.78. The van der Waals surface area contributed by atoms with E-state index >= 15 is 0 Å². The van der Waals surface area contributed by atoms with Crippen molar-refractivity contribution in [3.63, 3.8) is 0 Å². The summed E-state index contributed by atoms with van der Waals surface area (Å²) >= 11 is 3.53. The summed E-state index contributed by atoms with van der Waals surface area (Å²) in [6.45, 7) is 0. The van der Waals surface area contributed by atoms with Crippen molar-refractivity contribution in [3.05, 3.63) is 34.8 Å². The van der Waals surface area contributed by atoms with Crippen LogP contribution in [0.25, 0.3) is 10.8 Å². The van der Waals surface area contributed by atoms with Crippen LogP contribution in [0, 0.1) is 0 Å². The fraction of sp³-hybridized carbons (Fsp3) is 0.353. The van der Waals surface area contributed by atoms with E-state index in [1.54, 1.807) is 7.11 Å². The molecule has 1 fully saturated rings. The molecule has 0 radical (unpaired) electrons. The highest BCUT2D eigenvalue weighted by Gasteiger charge is 2.25. The third-order valence-electron chi connectivity index (χ3n) is 3.90. The van der Waals surface area contributed by atoms with Crippen molar-refractivity contribution in [2.75, 3.05) is 7.11 Å². The van der Waals surface area contributed by atoms with Crippen LogP contribution in [0.2, 0.25) is 0 Å². The van der Waals surface area contributed by atoms with E-state index in [1.165, 1.54) is 0 Å². The topological polar surface area (TPSA) is 35.5 Å². The van der Waals surface area contributed by atoms with Crippen molar-refractivity contribution in [1.29, 1.82) is 0 Å². The number of hydrogen-bond donors (Lipinski definition) is 0. The van der Waals surface area contributed by atoms with Crippen LogP contribution in [-0.4, -0.2) is 19.0 Å². The molecule has 3 nitrogen and oxygen atoms in total. The molecule has 1 unspecified atom stereocenters. The number of benzene rings is 2. The number of fused-ring (bicyclic) bond motifs is 1. The molecule has 2 aromatic rings. The molecule has 0 aromatic heterocycles. The Kier molecular flexibility index (Phi) is 4.15. The number of halogens is 1. The standard InChI is InChI=1S/C17H17BrO3/c1-20-15-8-4-5-12-11(15)9-10-13(18)17(12)21-16-7-3-2-6-14(16)19/h4-5,8-10,16H,2-3,6-7H2,1H3. The average molecular weight is 349 g/mol. The van der Waals surface area contributed by atoms with Gasteiger partial charge in [-0.1, -0.05) is 12.1 Å². The largest absolute Gasteiger partial charge is 0.496 e. The summed E-state index contributed by atoms with van der Waals surface area (Å²) in [6.07, 6.45) is 3.11. The third-order valence-corrected chi connectivity index (χ3v) is 4.53. The summed E-state index contributed by atoms with van der Waals surface area (Å²) < 4.78 is 12.3. The Balaban J connectivity index is 2.04. The van der Waals surface area contributed by atoms with Crippen LogP contribution < -0.4 is 9.47 Å². The monoisotopic (exact) mass is 348 g/mol. The predicted octanol–water partition coefficient (Wildman–Crippen LogP) is 4.50. The number of ketones is 1. The van der Waals surface area contributed by atoms with Gasteiger partial charge in [0.05, 0.1) is 11.6 Å². The van der Waals surface area contributed by atoms with Gasteiger partial charge in [0.1, 0.15) is 11.5 Å². The Morgan fingerprint density at radius 1 is 1.14 bits per heavy atom. The minimum Gasteiger partial charge on any atom is -0.496 e. The number of methoxy groups -OCH3 is 1. The molecule has 21 heavy (non-hydrogen) atoms. The molecule has 1 atom stereocenters. The third kappa shape index (κ3) is 2.77. The van der Waals surface area contributed by atoms with Gasteiger partial charge in [0.15, 0.2) is 11.9 Å². The van der Waals surface area contributed by atoms with E-state index in [0.717, 1.165) is 46.0 Å². The molecule has 0 heterocycles. The fourth-order valence-corrected chi connectivity index (χ4v) is 3.23. The van der Waals surface area contributed by atoms with Crippen molar-refractivity contribution in [3.8, 4) is 11.5 Å². The van der Waals surface area contributed by atoms with Gasteiger partial charge >= 0.3 is 0 Å². The van der Waals surface area contributed by atoms with E-state index in [2.05, 4.69) is 15.9 Å². The molecule has 0 aliphatic heterocycles. The van der Waals surface area contributed by atoms with Crippen LogP contribution in [-0.2, 0) is 4.79 Å². The van der Waals surface area contributed by atoms with E-state index < -0.39 is 0 Å². The molecule has 4 heteroatoms. The molecule has 1 saturated carbocycles. The first-order valence-corrected chi connectivity index (χ1v) is 7.94. The van der Waals surface area contributed by atoms with Crippen molar-refractivity contribution in [1.82, 2.24) is 0 Å². The van der Waals surface area contributed by atoms with Gasteiger partial charge in [-0.25, -0.2) is 0 Å². The van der Waals surface area contributed by atoms with Crippen LogP contribution in [0.15, 0.2) is 34.8 Å². The molecular formula is C17H17BrO3. The second-order valence-corrected chi connectivity index (χ2v) is 6.10. The molecule has 0 bridgehead atoms. The van der Waals surface area contributed by atoms with Gasteiger partial charge in [0.2, 0.25) is 0 Å². The number of hydrogen-bond acceptors (Lipinski definition) is 3. The molecule has 1 aliphatic carbocycles. The normalized spacial score (nSPS) is 18.8. The minimum atomic E-state index is -0.327. The number of carbonyl (C=O) groups is 1. The van der Waals surface area contributed by atoms with Crippen molar-refractivity contribution in [2.45, 2.75) is 31.8 Å². The van der Waals surface area contributed by atoms with Crippen molar-refractivity contribution < 1.29 is 14.3 Å². The average Bonchev–Trinajstić information content (AvgIpc) is 2.51. The molecule has 0 amide bonds. The summed E-state index contributed by atoms with van der Waals surface area (Å²) in [5, 5.41) is 1.95. The van der Waals surface area contributed by atoms with Gasteiger partial charge in [-0.15, -0.1) is 0 Å². The lowest BCUT2D eigenvalue weighted by molar-refractivity contribution is -0.127. The molecule has 1 aliphatic rings. The summed E-state index contributed by atoms with van der Waals surface area (Å²) in [7, 11) is 1.65. The fourth-order valence-electron chi connectivity index (χ4n) is 2.79.